The van der Waals surface area contributed by atoms with E-state index in [-0.39, 0.29) is 0 Å². The van der Waals surface area contributed by atoms with Crippen LogP contribution in [0.2, 0.25) is 0 Å². The molecule has 0 radical (unpaired) electrons. The summed E-state index contributed by atoms with van der Waals surface area (Å²) in [4.78, 5) is 2.44. The van der Waals surface area contributed by atoms with E-state index in [2.05, 4.69) is 29.4 Å². The molecule has 1 aromatic carbocycles. The van der Waals surface area contributed by atoms with Crippen LogP contribution in [-0.4, -0.2) is 38.2 Å². The third kappa shape index (κ3) is 3.45. The van der Waals surface area contributed by atoms with Crippen LogP contribution in [0.4, 0.5) is 0 Å². The maximum atomic E-state index is 5.22. The number of benzene rings is 1. The average molecular weight is 234 g/mol. The van der Waals surface area contributed by atoms with Crippen LogP contribution in [0.15, 0.2) is 24.3 Å². The minimum atomic E-state index is 0.709. The van der Waals surface area contributed by atoms with Crippen LogP contribution < -0.4 is 10.1 Å². The molecule has 1 heterocycles. The molecule has 0 aliphatic carbocycles. The molecule has 0 amide bonds. The van der Waals surface area contributed by atoms with E-state index in [1.807, 2.05) is 12.1 Å². The molecular weight excluding hydrogens is 212 g/mol. The van der Waals surface area contributed by atoms with Gasteiger partial charge in [-0.25, -0.2) is 0 Å². The van der Waals surface area contributed by atoms with Crippen molar-refractivity contribution in [2.45, 2.75) is 25.4 Å². The Kier molecular flexibility index (Phi) is 4.40. The van der Waals surface area contributed by atoms with Crippen molar-refractivity contribution in [3.8, 4) is 5.75 Å². The lowest BCUT2D eigenvalue weighted by atomic mass is 10.2. The standard InChI is InChI=1S/C14H22N2O/c1-16-8-4-6-13(16)11-15-10-12-5-3-7-14(9-12)17-2/h3,5,7,9,13,15H,4,6,8,10-11H2,1-2H3/t13-/m1/s1. The summed E-state index contributed by atoms with van der Waals surface area (Å²) in [6.07, 6.45) is 2.66. The molecule has 0 aromatic heterocycles. The van der Waals surface area contributed by atoms with Crippen molar-refractivity contribution >= 4 is 0 Å². The highest BCUT2D eigenvalue weighted by Gasteiger charge is 2.19. The fourth-order valence-electron chi connectivity index (χ4n) is 2.40. The summed E-state index contributed by atoms with van der Waals surface area (Å²) in [6.45, 7) is 3.24. The van der Waals surface area contributed by atoms with Crippen molar-refractivity contribution in [2.24, 2.45) is 0 Å². The lowest BCUT2D eigenvalue weighted by Crippen LogP contribution is -2.35. The van der Waals surface area contributed by atoms with Crippen LogP contribution in [0.5, 0.6) is 5.75 Å². The Hall–Kier alpha value is -1.06. The van der Waals surface area contributed by atoms with Gasteiger partial charge in [0.1, 0.15) is 5.75 Å². The lowest BCUT2D eigenvalue weighted by molar-refractivity contribution is 0.300. The highest BCUT2D eigenvalue weighted by atomic mass is 16.5. The van der Waals surface area contributed by atoms with Gasteiger partial charge in [0.15, 0.2) is 0 Å². The Morgan fingerprint density at radius 2 is 2.35 bits per heavy atom. The zero-order chi connectivity index (χ0) is 12.1. The van der Waals surface area contributed by atoms with Crippen molar-refractivity contribution in [2.75, 3.05) is 27.2 Å². The number of nitrogens with one attached hydrogen (secondary N) is 1. The Balaban J connectivity index is 1.77. The second-order valence-corrected chi connectivity index (χ2v) is 4.76. The number of ether oxygens (including phenoxy) is 1. The number of hydrogen-bond donors (Lipinski definition) is 1. The van der Waals surface area contributed by atoms with Gasteiger partial charge in [-0.3, -0.25) is 0 Å². The summed E-state index contributed by atoms with van der Waals surface area (Å²) in [5, 5.41) is 3.53. The Labute approximate surface area is 104 Å². The average Bonchev–Trinajstić information content (AvgIpc) is 2.76. The molecule has 1 N–H and O–H groups in total. The number of methoxy groups -OCH3 is 1. The van der Waals surface area contributed by atoms with Gasteiger partial charge >= 0.3 is 0 Å². The number of rotatable bonds is 5. The Morgan fingerprint density at radius 3 is 3.06 bits per heavy atom. The fourth-order valence-corrected chi connectivity index (χ4v) is 2.40. The van der Waals surface area contributed by atoms with Gasteiger partial charge < -0.3 is 15.0 Å². The smallest absolute Gasteiger partial charge is 0.119 e. The first-order chi connectivity index (χ1) is 8.29. The van der Waals surface area contributed by atoms with Crippen LogP contribution >= 0.6 is 0 Å². The zero-order valence-corrected chi connectivity index (χ0v) is 10.8. The van der Waals surface area contributed by atoms with Gasteiger partial charge in [-0.15, -0.1) is 0 Å². The molecule has 2 rings (SSSR count). The number of hydrogen-bond acceptors (Lipinski definition) is 3. The van der Waals surface area contributed by atoms with Crippen molar-refractivity contribution in [3.63, 3.8) is 0 Å². The summed E-state index contributed by atoms with van der Waals surface area (Å²) < 4.78 is 5.22. The largest absolute Gasteiger partial charge is 0.497 e. The molecule has 0 bridgehead atoms. The first-order valence-corrected chi connectivity index (χ1v) is 6.33. The van der Waals surface area contributed by atoms with Crippen LogP contribution in [-0.2, 0) is 6.54 Å². The minimum Gasteiger partial charge on any atom is -0.497 e. The molecule has 94 valence electrons. The van der Waals surface area contributed by atoms with Crippen molar-refractivity contribution < 1.29 is 4.74 Å². The summed E-state index contributed by atoms with van der Waals surface area (Å²) in [6, 6.07) is 8.95. The van der Waals surface area contributed by atoms with Crippen molar-refractivity contribution in [1.29, 1.82) is 0 Å². The van der Waals surface area contributed by atoms with E-state index in [9.17, 15) is 0 Å². The predicted molar refractivity (Wildman–Crippen MR) is 70.4 cm³/mol. The Bertz CT molecular complexity index is 354. The molecule has 1 atom stereocenters. The predicted octanol–water partition coefficient (Wildman–Crippen LogP) is 1.88. The molecule has 1 aliphatic heterocycles. The van der Waals surface area contributed by atoms with Gasteiger partial charge in [-0.2, -0.15) is 0 Å². The molecule has 17 heavy (non-hydrogen) atoms. The van der Waals surface area contributed by atoms with E-state index in [1.165, 1.54) is 24.9 Å². The van der Waals surface area contributed by atoms with E-state index in [0.29, 0.717) is 6.04 Å². The van der Waals surface area contributed by atoms with Gasteiger partial charge in [0.05, 0.1) is 7.11 Å². The maximum absolute atomic E-state index is 5.22. The fraction of sp³-hybridized carbons (Fsp3) is 0.571. The monoisotopic (exact) mass is 234 g/mol. The topological polar surface area (TPSA) is 24.5 Å². The van der Waals surface area contributed by atoms with Crippen LogP contribution in [0.1, 0.15) is 18.4 Å². The van der Waals surface area contributed by atoms with E-state index in [4.69, 9.17) is 4.74 Å². The number of likely N-dealkylation sites (tertiary alicyclic amines) is 1. The molecule has 1 saturated heterocycles. The minimum absolute atomic E-state index is 0.709. The summed E-state index contributed by atoms with van der Waals surface area (Å²) in [7, 11) is 3.92. The van der Waals surface area contributed by atoms with Gasteiger partial charge in [0.2, 0.25) is 0 Å². The molecule has 1 aromatic rings. The highest BCUT2D eigenvalue weighted by molar-refractivity contribution is 5.28. The first-order valence-electron chi connectivity index (χ1n) is 6.33. The molecule has 1 aliphatic rings. The molecular formula is C14H22N2O. The second kappa shape index (κ2) is 6.03. The van der Waals surface area contributed by atoms with E-state index in [1.54, 1.807) is 7.11 Å². The molecule has 0 saturated carbocycles. The summed E-state index contributed by atoms with van der Waals surface area (Å²) in [5.41, 5.74) is 1.28. The SMILES string of the molecule is COc1cccc(CNC[C@H]2CCCN2C)c1. The quantitative estimate of drug-likeness (QED) is 0.842. The zero-order valence-electron chi connectivity index (χ0n) is 10.8. The van der Waals surface area contributed by atoms with E-state index in [0.717, 1.165) is 18.8 Å². The van der Waals surface area contributed by atoms with E-state index >= 15 is 0 Å². The van der Waals surface area contributed by atoms with Crippen molar-refractivity contribution in [1.82, 2.24) is 10.2 Å². The third-order valence-electron chi connectivity index (χ3n) is 3.51. The van der Waals surface area contributed by atoms with E-state index < -0.39 is 0 Å². The first kappa shape index (κ1) is 12.4. The van der Waals surface area contributed by atoms with Crippen LogP contribution in [0, 0.1) is 0 Å². The van der Waals surface area contributed by atoms with Gasteiger partial charge in [-0.1, -0.05) is 12.1 Å². The third-order valence-corrected chi connectivity index (χ3v) is 3.51. The van der Waals surface area contributed by atoms with Crippen LogP contribution in [0.3, 0.4) is 0 Å². The molecule has 3 nitrogen and oxygen atoms in total. The molecule has 0 spiro atoms. The maximum Gasteiger partial charge on any atom is 0.119 e. The number of likely N-dealkylation sites (N-methyl/N-ethyl adjacent to an activating group) is 1. The highest BCUT2D eigenvalue weighted by Crippen LogP contribution is 2.15. The number of nitrogens with zero attached hydrogens (tertiary/aromatic N) is 1. The van der Waals surface area contributed by atoms with Crippen molar-refractivity contribution in [3.05, 3.63) is 29.8 Å². The van der Waals surface area contributed by atoms with Gasteiger partial charge in [-0.05, 0) is 44.1 Å². The van der Waals surface area contributed by atoms with Gasteiger partial charge in [0, 0.05) is 19.1 Å². The molecule has 1 fully saturated rings. The summed E-state index contributed by atoms with van der Waals surface area (Å²) in [5.74, 6) is 0.933. The summed E-state index contributed by atoms with van der Waals surface area (Å²) >= 11 is 0. The Morgan fingerprint density at radius 1 is 1.47 bits per heavy atom. The molecule has 0 unspecified atom stereocenters. The van der Waals surface area contributed by atoms with Gasteiger partial charge in [0.25, 0.3) is 0 Å². The molecule has 3 heteroatoms. The lowest BCUT2D eigenvalue weighted by Gasteiger charge is -2.19. The van der Waals surface area contributed by atoms with Crippen LogP contribution in [0.25, 0.3) is 0 Å². The normalized spacial score (nSPS) is 20.7. The second-order valence-electron chi connectivity index (χ2n) is 4.76.